The Morgan fingerprint density at radius 2 is 1.66 bits per heavy atom. The average Bonchev–Trinajstić information content (AvgIpc) is 3.01. The summed E-state index contributed by atoms with van der Waals surface area (Å²) in [5, 5.41) is 5.07. The van der Waals surface area contributed by atoms with Crippen molar-refractivity contribution in [3.8, 4) is 5.75 Å². The first-order valence-electron chi connectivity index (χ1n) is 9.27. The maximum Gasteiger partial charge on any atom is 0.323 e. The molecule has 1 heterocycles. The Balaban J connectivity index is 1.67. The highest BCUT2D eigenvalue weighted by molar-refractivity contribution is 6.35. The molecule has 29 heavy (non-hydrogen) atoms. The van der Waals surface area contributed by atoms with Gasteiger partial charge in [0.25, 0.3) is 11.8 Å². The van der Waals surface area contributed by atoms with Gasteiger partial charge in [-0.3, -0.25) is 19.2 Å². The summed E-state index contributed by atoms with van der Waals surface area (Å²) in [5.41, 5.74) is 4.00. The number of fused-ring (bicyclic) bond motifs is 1. The lowest BCUT2D eigenvalue weighted by Gasteiger charge is -2.10. The first kappa shape index (κ1) is 20.3. The predicted octanol–water partition coefficient (Wildman–Crippen LogP) is 1.79. The highest BCUT2D eigenvalue weighted by Crippen LogP contribution is 2.41. The van der Waals surface area contributed by atoms with Gasteiger partial charge < -0.3 is 15.4 Å². The molecular weight excluding hydrogens is 372 g/mol. The largest absolute Gasteiger partial charge is 0.425 e. The second kappa shape index (κ2) is 8.26. The van der Waals surface area contributed by atoms with Crippen molar-refractivity contribution in [1.82, 2.24) is 10.6 Å². The maximum atomic E-state index is 12.4. The molecule has 2 N–H and O–H groups in total. The monoisotopic (exact) mass is 394 g/mol. The summed E-state index contributed by atoms with van der Waals surface area (Å²) in [4.78, 5) is 46.7. The maximum absolute atomic E-state index is 12.4. The van der Waals surface area contributed by atoms with E-state index in [0.29, 0.717) is 11.3 Å². The molecule has 7 nitrogen and oxygen atoms in total. The van der Waals surface area contributed by atoms with E-state index >= 15 is 0 Å². The smallest absolute Gasteiger partial charge is 0.323 e. The van der Waals surface area contributed by atoms with Gasteiger partial charge in [0, 0.05) is 31.1 Å². The van der Waals surface area contributed by atoms with Crippen LogP contribution in [-0.2, 0) is 14.4 Å². The zero-order valence-electron chi connectivity index (χ0n) is 16.5. The van der Waals surface area contributed by atoms with Crippen molar-refractivity contribution in [2.75, 3.05) is 13.1 Å². The van der Waals surface area contributed by atoms with E-state index in [-0.39, 0.29) is 25.0 Å². The van der Waals surface area contributed by atoms with Gasteiger partial charge in [-0.1, -0.05) is 29.8 Å². The van der Waals surface area contributed by atoms with Crippen LogP contribution in [-0.4, -0.2) is 36.7 Å². The molecule has 0 aromatic heterocycles. The van der Waals surface area contributed by atoms with Crippen molar-refractivity contribution < 1.29 is 23.9 Å². The molecule has 0 fully saturated rings. The molecule has 1 unspecified atom stereocenters. The summed E-state index contributed by atoms with van der Waals surface area (Å²) in [6, 6.07) is 10.7. The van der Waals surface area contributed by atoms with Crippen LogP contribution in [0.3, 0.4) is 0 Å². The van der Waals surface area contributed by atoms with Crippen LogP contribution < -0.4 is 15.4 Å². The van der Waals surface area contributed by atoms with Crippen molar-refractivity contribution >= 4 is 23.6 Å². The van der Waals surface area contributed by atoms with Gasteiger partial charge in [0.05, 0.1) is 0 Å². The summed E-state index contributed by atoms with van der Waals surface area (Å²) < 4.78 is 5.46. The Hall–Kier alpha value is -3.48. The summed E-state index contributed by atoms with van der Waals surface area (Å²) in [6.07, 6.45) is 0. The minimum atomic E-state index is -0.683. The number of esters is 1. The molecule has 2 aromatic carbocycles. The fraction of sp³-hybridized carbons (Fsp3) is 0.273. The number of benzene rings is 2. The molecule has 3 rings (SSSR count). The molecule has 150 valence electrons. The van der Waals surface area contributed by atoms with E-state index in [1.54, 1.807) is 24.3 Å². The van der Waals surface area contributed by atoms with Gasteiger partial charge in [-0.25, -0.2) is 0 Å². The lowest BCUT2D eigenvalue weighted by atomic mass is 9.90. The lowest BCUT2D eigenvalue weighted by molar-refractivity contribution is -0.136. The number of ether oxygens (including phenoxy) is 1. The van der Waals surface area contributed by atoms with Gasteiger partial charge in [0.2, 0.25) is 5.78 Å². The second-order valence-corrected chi connectivity index (χ2v) is 7.04. The van der Waals surface area contributed by atoms with Crippen LogP contribution in [0.4, 0.5) is 0 Å². The first-order valence-corrected chi connectivity index (χ1v) is 9.27. The average molecular weight is 394 g/mol. The van der Waals surface area contributed by atoms with E-state index in [1.807, 2.05) is 26.0 Å². The van der Waals surface area contributed by atoms with Crippen molar-refractivity contribution in [2.45, 2.75) is 26.7 Å². The van der Waals surface area contributed by atoms with Gasteiger partial charge >= 0.3 is 5.97 Å². The number of rotatable bonds is 6. The van der Waals surface area contributed by atoms with Crippen molar-refractivity contribution in [1.29, 1.82) is 0 Å². The summed E-state index contributed by atoms with van der Waals surface area (Å²) in [7, 11) is 0. The first-order chi connectivity index (χ1) is 13.8. The molecule has 0 spiro atoms. The number of carbonyl (C=O) groups is 4. The molecule has 0 saturated heterocycles. The Labute approximate surface area is 168 Å². The van der Waals surface area contributed by atoms with Crippen LogP contribution >= 0.6 is 0 Å². The third kappa shape index (κ3) is 4.34. The minimum Gasteiger partial charge on any atom is -0.425 e. The van der Waals surface area contributed by atoms with E-state index in [4.69, 9.17) is 4.74 Å². The van der Waals surface area contributed by atoms with Crippen LogP contribution in [0.25, 0.3) is 0 Å². The number of ketones is 1. The van der Waals surface area contributed by atoms with Crippen LogP contribution in [0.5, 0.6) is 5.75 Å². The number of carbonyl (C=O) groups excluding carboxylic acids is 4. The molecular formula is C22H22N2O5. The number of nitrogens with one attached hydrogen (secondary N) is 2. The van der Waals surface area contributed by atoms with Crippen LogP contribution in [0.1, 0.15) is 45.5 Å². The molecule has 0 aliphatic carbocycles. The molecule has 0 radical (unpaired) electrons. The van der Waals surface area contributed by atoms with E-state index in [2.05, 4.69) is 10.6 Å². The van der Waals surface area contributed by atoms with Crippen LogP contribution in [0.2, 0.25) is 0 Å². The summed E-state index contributed by atoms with van der Waals surface area (Å²) in [6.45, 7) is 5.41. The van der Waals surface area contributed by atoms with E-state index in [1.165, 1.54) is 6.92 Å². The molecule has 1 atom stereocenters. The quantitative estimate of drug-likeness (QED) is 0.337. The van der Waals surface area contributed by atoms with Crippen molar-refractivity contribution in [3.05, 3.63) is 64.2 Å². The summed E-state index contributed by atoms with van der Waals surface area (Å²) in [5.74, 6) is -1.80. The lowest BCUT2D eigenvalue weighted by Crippen LogP contribution is -2.37. The van der Waals surface area contributed by atoms with Gasteiger partial charge in [-0.15, -0.1) is 0 Å². The molecule has 1 aliphatic rings. The number of Topliss-reactive ketones (excluding diaryl/α,β-unsaturated/α-hetero) is 1. The number of aryl methyl sites for hydroxylation is 2. The molecule has 0 saturated carbocycles. The number of amides is 2. The van der Waals surface area contributed by atoms with Gasteiger partial charge in [0.1, 0.15) is 11.7 Å². The molecule has 1 aliphatic heterocycles. The number of hydrogen-bond acceptors (Lipinski definition) is 5. The number of hydrogen-bond donors (Lipinski definition) is 2. The Morgan fingerprint density at radius 3 is 2.31 bits per heavy atom. The molecule has 2 aromatic rings. The predicted molar refractivity (Wildman–Crippen MR) is 106 cm³/mol. The molecule has 0 bridgehead atoms. The Kier molecular flexibility index (Phi) is 5.77. The second-order valence-electron chi connectivity index (χ2n) is 7.04. The molecule has 7 heteroatoms. The normalized spacial score (nSPS) is 14.7. The zero-order valence-corrected chi connectivity index (χ0v) is 16.5. The Bertz CT molecular complexity index is 995. The highest BCUT2D eigenvalue weighted by Gasteiger charge is 2.35. The van der Waals surface area contributed by atoms with E-state index in [0.717, 1.165) is 22.3 Å². The topological polar surface area (TPSA) is 102 Å². The van der Waals surface area contributed by atoms with Crippen molar-refractivity contribution in [2.24, 2.45) is 0 Å². The fourth-order valence-electron chi connectivity index (χ4n) is 3.35. The van der Waals surface area contributed by atoms with Gasteiger partial charge in [-0.05, 0) is 37.1 Å². The zero-order chi connectivity index (χ0) is 21.1. The van der Waals surface area contributed by atoms with Gasteiger partial charge in [-0.2, -0.15) is 0 Å². The van der Waals surface area contributed by atoms with Gasteiger partial charge in [0.15, 0.2) is 0 Å². The third-order valence-electron chi connectivity index (χ3n) is 4.72. The highest BCUT2D eigenvalue weighted by atomic mass is 16.5. The fourth-order valence-corrected chi connectivity index (χ4v) is 3.35. The SMILES string of the molecule is CC(=O)C(=O)NCCNC(=O)c1ccc(C2C(=O)Oc3c(C)cc(C)cc32)cc1. The van der Waals surface area contributed by atoms with Crippen molar-refractivity contribution in [3.63, 3.8) is 0 Å². The third-order valence-corrected chi connectivity index (χ3v) is 4.72. The molecule has 2 amide bonds. The van der Waals surface area contributed by atoms with E-state index in [9.17, 15) is 19.2 Å². The minimum absolute atomic E-state index is 0.158. The Morgan fingerprint density at radius 1 is 1.00 bits per heavy atom. The summed E-state index contributed by atoms with van der Waals surface area (Å²) >= 11 is 0. The van der Waals surface area contributed by atoms with Crippen LogP contribution in [0, 0.1) is 13.8 Å². The van der Waals surface area contributed by atoms with Crippen LogP contribution in [0.15, 0.2) is 36.4 Å². The standard InChI is InChI=1S/C22H22N2O5/c1-12-10-13(2)19-17(11-12)18(22(28)29-19)15-4-6-16(7-5-15)21(27)24-9-8-23-20(26)14(3)25/h4-7,10-11,18H,8-9H2,1-3H3,(H,23,26)(H,24,27). The van der Waals surface area contributed by atoms with E-state index < -0.39 is 17.6 Å².